The highest BCUT2D eigenvalue weighted by Gasteiger charge is 2.31. The van der Waals surface area contributed by atoms with Crippen molar-refractivity contribution in [1.29, 1.82) is 0 Å². The van der Waals surface area contributed by atoms with Crippen LogP contribution in [0.25, 0.3) is 0 Å². The molecule has 2 rings (SSSR count). The lowest BCUT2D eigenvalue weighted by molar-refractivity contribution is 0.0784. The van der Waals surface area contributed by atoms with Crippen LogP contribution in [0.5, 0.6) is 11.5 Å². The molecule has 0 aliphatic carbocycles. The molecule has 1 aromatic rings. The van der Waals surface area contributed by atoms with Gasteiger partial charge in [0.1, 0.15) is 11.5 Å². The van der Waals surface area contributed by atoms with E-state index in [4.69, 9.17) is 10.8 Å². The van der Waals surface area contributed by atoms with Crippen LogP contribution in [0.1, 0.15) is 17.3 Å². The predicted molar refractivity (Wildman–Crippen MR) is 62.8 cm³/mol. The largest absolute Gasteiger partial charge is 0.508 e. The number of benzene rings is 1. The van der Waals surface area contributed by atoms with Gasteiger partial charge in [0, 0.05) is 25.2 Å². The normalized spacial score (nSPS) is 24.0. The molecule has 0 aromatic heterocycles. The van der Waals surface area contributed by atoms with Crippen molar-refractivity contribution < 1.29 is 15.0 Å². The molecule has 5 heteroatoms. The average molecular weight is 236 g/mol. The monoisotopic (exact) mass is 236 g/mol. The molecule has 0 spiro atoms. The van der Waals surface area contributed by atoms with Gasteiger partial charge in [0.25, 0.3) is 5.91 Å². The van der Waals surface area contributed by atoms with E-state index < -0.39 is 0 Å². The van der Waals surface area contributed by atoms with Gasteiger partial charge in [-0.1, -0.05) is 6.92 Å². The summed E-state index contributed by atoms with van der Waals surface area (Å²) in [6.07, 6.45) is 0. The van der Waals surface area contributed by atoms with E-state index >= 15 is 0 Å². The summed E-state index contributed by atoms with van der Waals surface area (Å²) in [6.45, 7) is 3.09. The minimum Gasteiger partial charge on any atom is -0.508 e. The molecule has 2 atom stereocenters. The Morgan fingerprint density at radius 3 is 2.65 bits per heavy atom. The summed E-state index contributed by atoms with van der Waals surface area (Å²) < 4.78 is 0. The van der Waals surface area contributed by atoms with Gasteiger partial charge in [0.05, 0.1) is 5.56 Å². The molecule has 4 N–H and O–H groups in total. The lowest BCUT2D eigenvalue weighted by Gasteiger charge is -2.16. The van der Waals surface area contributed by atoms with Crippen molar-refractivity contribution in [2.45, 2.75) is 13.0 Å². The van der Waals surface area contributed by atoms with Gasteiger partial charge in [-0.2, -0.15) is 0 Å². The van der Waals surface area contributed by atoms with Gasteiger partial charge in [0.15, 0.2) is 0 Å². The molecule has 0 saturated carbocycles. The van der Waals surface area contributed by atoms with E-state index in [2.05, 4.69) is 0 Å². The summed E-state index contributed by atoms with van der Waals surface area (Å²) in [5, 5.41) is 18.8. The van der Waals surface area contributed by atoms with Gasteiger partial charge < -0.3 is 20.8 Å². The van der Waals surface area contributed by atoms with E-state index in [1.165, 1.54) is 12.1 Å². The number of amides is 1. The number of likely N-dealkylation sites (tertiary alicyclic amines) is 1. The van der Waals surface area contributed by atoms with Crippen molar-refractivity contribution in [3.05, 3.63) is 23.8 Å². The standard InChI is InChI=1S/C12H16N2O3/c1-7-5-14(6-10(7)13)12(17)9-3-2-8(15)4-11(9)16/h2-4,7,10,15-16H,5-6,13H2,1H3. The number of rotatable bonds is 1. The second kappa shape index (κ2) is 4.25. The van der Waals surface area contributed by atoms with Crippen molar-refractivity contribution in [2.24, 2.45) is 11.7 Å². The molecule has 17 heavy (non-hydrogen) atoms. The zero-order chi connectivity index (χ0) is 12.6. The van der Waals surface area contributed by atoms with E-state index in [0.29, 0.717) is 13.1 Å². The number of carbonyl (C=O) groups is 1. The number of phenols is 2. The third kappa shape index (κ3) is 2.19. The first-order valence-electron chi connectivity index (χ1n) is 5.56. The zero-order valence-corrected chi connectivity index (χ0v) is 9.63. The van der Waals surface area contributed by atoms with Crippen molar-refractivity contribution in [3.63, 3.8) is 0 Å². The number of hydrogen-bond donors (Lipinski definition) is 3. The number of nitrogens with zero attached hydrogens (tertiary/aromatic N) is 1. The van der Waals surface area contributed by atoms with E-state index in [1.807, 2.05) is 6.92 Å². The van der Waals surface area contributed by atoms with Crippen LogP contribution in [-0.2, 0) is 0 Å². The molecule has 1 saturated heterocycles. The van der Waals surface area contributed by atoms with Crippen LogP contribution in [0.3, 0.4) is 0 Å². The summed E-state index contributed by atoms with van der Waals surface area (Å²) in [5.41, 5.74) is 6.05. The fourth-order valence-corrected chi connectivity index (χ4v) is 2.03. The fourth-order valence-electron chi connectivity index (χ4n) is 2.03. The van der Waals surface area contributed by atoms with Crippen LogP contribution in [0.2, 0.25) is 0 Å². The second-order valence-electron chi connectivity index (χ2n) is 4.55. The topological polar surface area (TPSA) is 86.8 Å². The van der Waals surface area contributed by atoms with E-state index in [-0.39, 0.29) is 34.9 Å². The molecule has 1 heterocycles. The van der Waals surface area contributed by atoms with Gasteiger partial charge in [0.2, 0.25) is 0 Å². The molecule has 1 aromatic carbocycles. The predicted octanol–water partition coefficient (Wildman–Crippen LogP) is 0.517. The Morgan fingerprint density at radius 1 is 1.41 bits per heavy atom. The van der Waals surface area contributed by atoms with Crippen LogP contribution in [0.15, 0.2) is 18.2 Å². The average Bonchev–Trinajstić information content (AvgIpc) is 2.58. The summed E-state index contributed by atoms with van der Waals surface area (Å²) in [7, 11) is 0. The molecule has 1 aliphatic heterocycles. The molecular weight excluding hydrogens is 220 g/mol. The molecule has 1 amide bonds. The SMILES string of the molecule is CC1CN(C(=O)c2ccc(O)cc2O)CC1N. The maximum absolute atomic E-state index is 12.1. The highest BCUT2D eigenvalue weighted by Crippen LogP contribution is 2.25. The molecule has 0 radical (unpaired) electrons. The second-order valence-corrected chi connectivity index (χ2v) is 4.55. The van der Waals surface area contributed by atoms with Gasteiger partial charge >= 0.3 is 0 Å². The number of nitrogens with two attached hydrogens (primary N) is 1. The highest BCUT2D eigenvalue weighted by atomic mass is 16.3. The molecule has 1 fully saturated rings. The summed E-state index contributed by atoms with van der Waals surface area (Å²) in [5.74, 6) is -0.255. The quantitative estimate of drug-likeness (QED) is 0.663. The van der Waals surface area contributed by atoms with Crippen molar-refractivity contribution >= 4 is 5.91 Å². The first kappa shape index (κ1) is 11.7. The molecule has 1 aliphatic rings. The van der Waals surface area contributed by atoms with E-state index in [1.54, 1.807) is 4.90 Å². The van der Waals surface area contributed by atoms with Crippen LogP contribution < -0.4 is 5.73 Å². The molecule has 2 unspecified atom stereocenters. The summed E-state index contributed by atoms with van der Waals surface area (Å²) >= 11 is 0. The van der Waals surface area contributed by atoms with Crippen LogP contribution in [0.4, 0.5) is 0 Å². The lowest BCUT2D eigenvalue weighted by Crippen LogP contribution is -2.32. The van der Waals surface area contributed by atoms with Crippen LogP contribution in [-0.4, -0.2) is 40.2 Å². The smallest absolute Gasteiger partial charge is 0.257 e. The van der Waals surface area contributed by atoms with Crippen molar-refractivity contribution in [1.82, 2.24) is 4.90 Å². The van der Waals surface area contributed by atoms with E-state index in [0.717, 1.165) is 6.07 Å². The fraction of sp³-hybridized carbons (Fsp3) is 0.417. The molecule has 92 valence electrons. The Morgan fingerprint density at radius 2 is 2.12 bits per heavy atom. The Kier molecular flexibility index (Phi) is 2.93. The van der Waals surface area contributed by atoms with Crippen molar-refractivity contribution in [2.75, 3.05) is 13.1 Å². The Hall–Kier alpha value is -1.75. The summed E-state index contributed by atoms with van der Waals surface area (Å²) in [6, 6.07) is 3.94. The number of hydrogen-bond acceptors (Lipinski definition) is 4. The number of aromatic hydroxyl groups is 2. The van der Waals surface area contributed by atoms with Gasteiger partial charge in [-0.25, -0.2) is 0 Å². The van der Waals surface area contributed by atoms with Gasteiger partial charge in [-0.3, -0.25) is 4.79 Å². The first-order chi connectivity index (χ1) is 7.99. The third-order valence-electron chi connectivity index (χ3n) is 3.17. The van der Waals surface area contributed by atoms with Crippen LogP contribution in [0, 0.1) is 5.92 Å². The Balaban J connectivity index is 2.20. The number of carbonyl (C=O) groups excluding carboxylic acids is 1. The lowest BCUT2D eigenvalue weighted by atomic mass is 10.1. The highest BCUT2D eigenvalue weighted by molar-refractivity contribution is 5.97. The maximum Gasteiger partial charge on any atom is 0.257 e. The van der Waals surface area contributed by atoms with Crippen molar-refractivity contribution in [3.8, 4) is 11.5 Å². The Labute approximate surface area is 99.5 Å². The zero-order valence-electron chi connectivity index (χ0n) is 9.63. The third-order valence-corrected chi connectivity index (χ3v) is 3.17. The molecular formula is C12H16N2O3. The minimum absolute atomic E-state index is 0.0155. The minimum atomic E-state index is -0.248. The van der Waals surface area contributed by atoms with E-state index in [9.17, 15) is 9.90 Å². The Bertz CT molecular complexity index is 437. The first-order valence-corrected chi connectivity index (χ1v) is 5.56. The summed E-state index contributed by atoms with van der Waals surface area (Å²) in [4.78, 5) is 13.7. The van der Waals surface area contributed by atoms with Gasteiger partial charge in [-0.05, 0) is 18.1 Å². The molecule has 0 bridgehead atoms. The van der Waals surface area contributed by atoms with Gasteiger partial charge in [-0.15, -0.1) is 0 Å². The van der Waals surface area contributed by atoms with Crippen LogP contribution >= 0.6 is 0 Å². The molecule has 5 nitrogen and oxygen atoms in total. The maximum atomic E-state index is 12.1. The number of phenolic OH excluding ortho intramolecular Hbond substituents is 2.